The molecule has 4 aromatic rings. The third-order valence-corrected chi connectivity index (χ3v) is 6.30. The van der Waals surface area contributed by atoms with Gasteiger partial charge in [-0.05, 0) is 56.6 Å². The highest BCUT2D eigenvalue weighted by molar-refractivity contribution is 5.96. The topological polar surface area (TPSA) is 27.1 Å². The van der Waals surface area contributed by atoms with Gasteiger partial charge in [-0.3, -0.25) is 5.41 Å². The molecule has 0 heterocycles. The lowest BCUT2D eigenvalue weighted by Gasteiger charge is -2.25. The third-order valence-electron chi connectivity index (χ3n) is 6.30. The fourth-order valence-electron chi connectivity index (χ4n) is 5.00. The number of rotatable bonds is 3. The van der Waals surface area contributed by atoms with Gasteiger partial charge in [0.05, 0.1) is 17.7 Å². The molecular weight excluding hydrogens is 352 g/mol. The Balaban J connectivity index is 1.51. The van der Waals surface area contributed by atoms with Gasteiger partial charge in [0.1, 0.15) is 0 Å². The van der Waals surface area contributed by atoms with E-state index in [4.69, 9.17) is 5.41 Å². The van der Waals surface area contributed by atoms with Gasteiger partial charge in [-0.1, -0.05) is 72.8 Å². The molecule has 0 fully saturated rings. The number of nitrogens with zero attached hydrogens (tertiary/aromatic N) is 1. The van der Waals surface area contributed by atoms with Crippen molar-refractivity contribution in [3.63, 3.8) is 0 Å². The summed E-state index contributed by atoms with van der Waals surface area (Å²) in [5.74, 6) is 0. The van der Waals surface area contributed by atoms with E-state index in [1.54, 1.807) is 0 Å². The smallest absolute Gasteiger partial charge is 0.0908 e. The van der Waals surface area contributed by atoms with Crippen molar-refractivity contribution >= 4 is 17.7 Å². The summed E-state index contributed by atoms with van der Waals surface area (Å²) in [7, 11) is 0. The zero-order valence-corrected chi connectivity index (χ0v) is 16.0. The second-order valence-corrected chi connectivity index (χ2v) is 7.77. The molecule has 0 unspecified atom stereocenters. The van der Waals surface area contributed by atoms with E-state index >= 15 is 0 Å². The average Bonchev–Trinajstić information content (AvgIpc) is 3.34. The van der Waals surface area contributed by atoms with Crippen LogP contribution in [0, 0.1) is 5.41 Å². The minimum absolute atomic E-state index is 0.918. The molecule has 4 aromatic carbocycles. The molecule has 2 nitrogen and oxygen atoms in total. The van der Waals surface area contributed by atoms with E-state index in [1.165, 1.54) is 50.8 Å². The molecule has 2 heteroatoms. The molecule has 29 heavy (non-hydrogen) atoms. The average molecular weight is 372 g/mol. The van der Waals surface area contributed by atoms with E-state index in [0.29, 0.717) is 0 Å². The predicted octanol–water partition coefficient (Wildman–Crippen LogP) is 6.57. The van der Waals surface area contributed by atoms with Crippen LogP contribution in [0.3, 0.4) is 0 Å². The minimum atomic E-state index is 0.918. The van der Waals surface area contributed by atoms with Crippen LogP contribution < -0.4 is 4.90 Å². The van der Waals surface area contributed by atoms with Crippen LogP contribution in [0.2, 0.25) is 0 Å². The van der Waals surface area contributed by atoms with Crippen molar-refractivity contribution in [3.05, 3.63) is 107 Å². The first kappa shape index (κ1) is 16.3. The quantitative estimate of drug-likeness (QED) is 0.276. The van der Waals surface area contributed by atoms with E-state index in [1.807, 2.05) is 0 Å². The van der Waals surface area contributed by atoms with Crippen molar-refractivity contribution in [1.82, 2.24) is 0 Å². The van der Waals surface area contributed by atoms with Crippen molar-refractivity contribution in [2.75, 3.05) is 4.90 Å². The van der Waals surface area contributed by atoms with E-state index < -0.39 is 0 Å². The van der Waals surface area contributed by atoms with Gasteiger partial charge in [-0.15, -0.1) is 0 Å². The molecule has 138 valence electrons. The molecule has 2 aliphatic rings. The summed E-state index contributed by atoms with van der Waals surface area (Å²) >= 11 is 0. The van der Waals surface area contributed by atoms with Gasteiger partial charge in [-0.25, -0.2) is 0 Å². The Morgan fingerprint density at radius 2 is 1.00 bits per heavy atom. The number of benzene rings is 4. The standard InChI is InChI=1S/C27H20N2/c28-17-29(26-13-5-11-22-20-9-3-1-7-18(20)15-24(22)26)27-14-6-12-23-21-10-4-2-8-19(21)16-25(23)27/h1-14,17,28H,15-16H2. The Kier molecular flexibility index (Phi) is 3.48. The van der Waals surface area contributed by atoms with E-state index in [2.05, 4.69) is 89.8 Å². The van der Waals surface area contributed by atoms with Gasteiger partial charge in [0.15, 0.2) is 0 Å². The molecule has 0 bridgehead atoms. The van der Waals surface area contributed by atoms with Crippen LogP contribution in [0.25, 0.3) is 22.3 Å². The summed E-state index contributed by atoms with van der Waals surface area (Å²) in [6, 6.07) is 30.2. The fraction of sp³-hybridized carbons (Fsp3) is 0.0741. The largest absolute Gasteiger partial charge is 0.301 e. The second-order valence-electron chi connectivity index (χ2n) is 7.77. The molecule has 2 aliphatic carbocycles. The molecular formula is C27H20N2. The first-order chi connectivity index (χ1) is 14.3. The molecule has 0 aliphatic heterocycles. The van der Waals surface area contributed by atoms with E-state index in [-0.39, 0.29) is 0 Å². The lowest BCUT2D eigenvalue weighted by molar-refractivity contribution is 1.19. The molecule has 1 N–H and O–H groups in total. The van der Waals surface area contributed by atoms with Crippen molar-refractivity contribution in [3.8, 4) is 22.3 Å². The summed E-state index contributed by atoms with van der Waals surface area (Å²) in [6.45, 7) is 0. The molecule has 0 spiro atoms. The summed E-state index contributed by atoms with van der Waals surface area (Å²) < 4.78 is 0. The number of fused-ring (bicyclic) bond motifs is 6. The Morgan fingerprint density at radius 1 is 0.552 bits per heavy atom. The van der Waals surface area contributed by atoms with Crippen molar-refractivity contribution < 1.29 is 0 Å². The van der Waals surface area contributed by atoms with Crippen LogP contribution in [0.4, 0.5) is 11.4 Å². The van der Waals surface area contributed by atoms with Crippen LogP contribution in [-0.2, 0) is 12.8 Å². The van der Waals surface area contributed by atoms with Crippen LogP contribution in [0.5, 0.6) is 0 Å². The van der Waals surface area contributed by atoms with E-state index in [0.717, 1.165) is 24.2 Å². The van der Waals surface area contributed by atoms with Gasteiger partial charge >= 0.3 is 0 Å². The lowest BCUT2D eigenvalue weighted by atomic mass is 10.0. The molecule has 0 saturated carbocycles. The van der Waals surface area contributed by atoms with Crippen LogP contribution in [0.15, 0.2) is 84.9 Å². The number of anilines is 2. The highest BCUT2D eigenvalue weighted by atomic mass is 15.1. The van der Waals surface area contributed by atoms with E-state index in [9.17, 15) is 0 Å². The zero-order chi connectivity index (χ0) is 19.4. The van der Waals surface area contributed by atoms with Crippen LogP contribution in [0.1, 0.15) is 22.3 Å². The second kappa shape index (κ2) is 6.18. The Bertz CT molecular complexity index is 1190. The summed E-state index contributed by atoms with van der Waals surface area (Å²) in [4.78, 5) is 2.06. The molecule has 6 rings (SSSR count). The van der Waals surface area contributed by atoms with Crippen molar-refractivity contribution in [2.45, 2.75) is 12.8 Å². The lowest BCUT2D eigenvalue weighted by Crippen LogP contribution is -2.17. The molecule has 0 saturated heterocycles. The predicted molar refractivity (Wildman–Crippen MR) is 120 cm³/mol. The van der Waals surface area contributed by atoms with Gasteiger partial charge in [0.2, 0.25) is 0 Å². The summed E-state index contributed by atoms with van der Waals surface area (Å²) in [5.41, 5.74) is 12.8. The van der Waals surface area contributed by atoms with Gasteiger partial charge in [-0.2, -0.15) is 0 Å². The molecule has 0 aromatic heterocycles. The third kappa shape index (κ3) is 2.32. The van der Waals surface area contributed by atoms with Crippen LogP contribution in [-0.4, -0.2) is 6.34 Å². The fourth-order valence-corrected chi connectivity index (χ4v) is 5.00. The van der Waals surface area contributed by atoms with Gasteiger partial charge in [0, 0.05) is 12.8 Å². The Morgan fingerprint density at radius 3 is 1.48 bits per heavy atom. The number of hydrogen-bond donors (Lipinski definition) is 1. The number of hydrogen-bond acceptors (Lipinski definition) is 1. The maximum absolute atomic E-state index is 8.28. The Labute approximate surface area is 170 Å². The monoisotopic (exact) mass is 372 g/mol. The maximum Gasteiger partial charge on any atom is 0.0908 e. The molecule has 0 amide bonds. The zero-order valence-electron chi connectivity index (χ0n) is 16.0. The maximum atomic E-state index is 8.28. The van der Waals surface area contributed by atoms with Crippen molar-refractivity contribution in [2.24, 2.45) is 0 Å². The normalized spacial score (nSPS) is 12.7. The molecule has 0 atom stereocenters. The highest BCUT2D eigenvalue weighted by Gasteiger charge is 2.26. The first-order valence-corrected chi connectivity index (χ1v) is 10.1. The first-order valence-electron chi connectivity index (χ1n) is 10.1. The summed E-state index contributed by atoms with van der Waals surface area (Å²) in [6.07, 6.45) is 3.31. The van der Waals surface area contributed by atoms with Crippen LogP contribution >= 0.6 is 0 Å². The highest BCUT2D eigenvalue weighted by Crippen LogP contribution is 2.46. The van der Waals surface area contributed by atoms with Gasteiger partial charge in [0.25, 0.3) is 0 Å². The van der Waals surface area contributed by atoms with Gasteiger partial charge < -0.3 is 4.90 Å². The molecule has 0 radical (unpaired) electrons. The number of nitrogens with one attached hydrogen (secondary N) is 1. The summed E-state index contributed by atoms with van der Waals surface area (Å²) in [5, 5.41) is 8.28. The minimum Gasteiger partial charge on any atom is -0.301 e. The Hall–Kier alpha value is -3.65. The van der Waals surface area contributed by atoms with Crippen molar-refractivity contribution in [1.29, 1.82) is 5.41 Å². The SMILES string of the molecule is N=CN(c1cccc2c1Cc1ccccc1-2)c1cccc2c1Cc1ccccc1-2.